The van der Waals surface area contributed by atoms with Crippen LogP contribution in [0.15, 0.2) is 89.2 Å². The maximum atomic E-state index is 10.5. The first kappa shape index (κ1) is 27.7. The summed E-state index contributed by atoms with van der Waals surface area (Å²) in [6.45, 7) is 8.09. The van der Waals surface area contributed by atoms with Crippen molar-refractivity contribution in [1.82, 2.24) is 3.97 Å². The molecule has 1 heterocycles. The third-order valence-electron chi connectivity index (χ3n) is 6.68. The zero-order valence-corrected chi connectivity index (χ0v) is 24.0. The summed E-state index contributed by atoms with van der Waals surface area (Å²) in [4.78, 5) is 1.16. The highest BCUT2D eigenvalue weighted by Gasteiger charge is 2.16. The molecule has 3 aromatic carbocycles. The smallest absolute Gasteiger partial charge is 0.121 e. The van der Waals surface area contributed by atoms with Gasteiger partial charge in [0.05, 0.1) is 24.5 Å². The van der Waals surface area contributed by atoms with E-state index in [0.717, 1.165) is 46.7 Å². The molecule has 1 aromatic heterocycles. The van der Waals surface area contributed by atoms with E-state index in [4.69, 9.17) is 9.47 Å². The van der Waals surface area contributed by atoms with E-state index in [-0.39, 0.29) is 6.10 Å². The first-order chi connectivity index (χ1) is 18.5. The van der Waals surface area contributed by atoms with Crippen LogP contribution in [0.4, 0.5) is 0 Å². The Labute approximate surface area is 231 Å². The molecule has 1 aliphatic rings. The van der Waals surface area contributed by atoms with Gasteiger partial charge in [-0.1, -0.05) is 38.1 Å². The topological polar surface area (TPSA) is 43.6 Å². The van der Waals surface area contributed by atoms with Crippen molar-refractivity contribution in [1.29, 1.82) is 0 Å². The SMILES string of the molecule is CC.COc1ccc(-c2ccc(Sn3cc(CCC(O)=C4CCC4)c4ccc(OC(C)C)cc43)cc2)cc1. The van der Waals surface area contributed by atoms with Gasteiger partial charge in [-0.3, -0.25) is 3.97 Å². The molecule has 4 nitrogen and oxygen atoms in total. The van der Waals surface area contributed by atoms with Crippen molar-refractivity contribution in [3.8, 4) is 22.6 Å². The first-order valence-corrected chi connectivity index (χ1v) is 14.4. The molecule has 1 N–H and O–H groups in total. The van der Waals surface area contributed by atoms with Gasteiger partial charge in [-0.2, -0.15) is 0 Å². The van der Waals surface area contributed by atoms with Gasteiger partial charge in [0, 0.05) is 29.0 Å². The van der Waals surface area contributed by atoms with Crippen LogP contribution >= 0.6 is 11.9 Å². The second-order valence-corrected chi connectivity index (χ2v) is 10.6. The number of aliphatic hydroxyl groups excluding tert-OH is 1. The number of hydrogen-bond acceptors (Lipinski definition) is 4. The minimum atomic E-state index is 0.120. The quantitative estimate of drug-likeness (QED) is 0.219. The molecule has 1 fully saturated rings. The third-order valence-corrected chi connectivity index (χ3v) is 7.66. The number of hydrogen-bond donors (Lipinski definition) is 1. The van der Waals surface area contributed by atoms with E-state index in [1.165, 1.54) is 28.5 Å². The minimum absolute atomic E-state index is 0.120. The monoisotopic (exact) mass is 529 g/mol. The summed E-state index contributed by atoms with van der Waals surface area (Å²) < 4.78 is 13.5. The summed E-state index contributed by atoms with van der Waals surface area (Å²) in [6, 6.07) is 23.1. The number of benzene rings is 3. The maximum absolute atomic E-state index is 10.5. The number of aliphatic hydroxyl groups is 1. The summed E-state index contributed by atoms with van der Waals surface area (Å²) in [5.74, 6) is 2.32. The zero-order valence-electron chi connectivity index (χ0n) is 23.2. The largest absolute Gasteiger partial charge is 0.512 e. The Morgan fingerprint density at radius 3 is 2.13 bits per heavy atom. The number of ether oxygens (including phenoxy) is 2. The Balaban J connectivity index is 0.00000164. The van der Waals surface area contributed by atoms with Crippen LogP contribution in [-0.2, 0) is 6.42 Å². The molecule has 0 unspecified atom stereocenters. The Morgan fingerprint density at radius 1 is 0.921 bits per heavy atom. The predicted molar refractivity (Wildman–Crippen MR) is 161 cm³/mol. The summed E-state index contributed by atoms with van der Waals surface area (Å²) in [5.41, 5.74) is 5.94. The van der Waals surface area contributed by atoms with Crippen LogP contribution in [0.25, 0.3) is 22.0 Å². The molecule has 1 aliphatic carbocycles. The number of fused-ring (bicyclic) bond motifs is 1. The van der Waals surface area contributed by atoms with Gasteiger partial charge in [0.25, 0.3) is 0 Å². The lowest BCUT2D eigenvalue weighted by atomic mass is 9.90. The van der Waals surface area contributed by atoms with Gasteiger partial charge in [0.1, 0.15) is 11.5 Å². The number of rotatable bonds is 9. The van der Waals surface area contributed by atoms with E-state index in [9.17, 15) is 5.11 Å². The van der Waals surface area contributed by atoms with Crippen molar-refractivity contribution in [2.24, 2.45) is 0 Å². The van der Waals surface area contributed by atoms with Crippen LogP contribution in [-0.4, -0.2) is 22.3 Å². The van der Waals surface area contributed by atoms with Crippen molar-refractivity contribution in [3.63, 3.8) is 0 Å². The van der Waals surface area contributed by atoms with Gasteiger partial charge in [-0.25, -0.2) is 0 Å². The molecular weight excluding hydrogens is 490 g/mol. The van der Waals surface area contributed by atoms with Gasteiger partial charge in [-0.05, 0) is 110 Å². The lowest BCUT2D eigenvalue weighted by Gasteiger charge is -2.18. The lowest BCUT2D eigenvalue weighted by molar-refractivity contribution is 0.242. The molecule has 200 valence electrons. The molecule has 0 spiro atoms. The fraction of sp³-hybridized carbons (Fsp3) is 0.333. The van der Waals surface area contributed by atoms with Gasteiger partial charge in [0.15, 0.2) is 0 Å². The van der Waals surface area contributed by atoms with Gasteiger partial charge in [0.2, 0.25) is 0 Å². The Morgan fingerprint density at radius 2 is 1.55 bits per heavy atom. The molecule has 1 saturated carbocycles. The Kier molecular flexibility index (Phi) is 9.46. The first-order valence-electron chi connectivity index (χ1n) is 13.6. The van der Waals surface area contributed by atoms with Crippen molar-refractivity contribution in [3.05, 3.63) is 89.8 Å². The third kappa shape index (κ3) is 6.57. The molecule has 0 bridgehead atoms. The lowest BCUT2D eigenvalue weighted by Crippen LogP contribution is -2.05. The highest BCUT2D eigenvalue weighted by atomic mass is 32.2. The van der Waals surface area contributed by atoms with Crippen LogP contribution in [0.5, 0.6) is 11.5 Å². The molecule has 5 rings (SSSR count). The van der Waals surface area contributed by atoms with E-state index in [0.29, 0.717) is 12.2 Å². The van der Waals surface area contributed by atoms with E-state index in [1.54, 1.807) is 19.1 Å². The molecule has 0 amide bonds. The molecular formula is C33H39NO3S. The normalized spacial score (nSPS) is 12.6. The molecule has 0 saturated heterocycles. The van der Waals surface area contributed by atoms with Gasteiger partial charge < -0.3 is 14.6 Å². The van der Waals surface area contributed by atoms with Crippen LogP contribution < -0.4 is 9.47 Å². The van der Waals surface area contributed by atoms with Crippen LogP contribution in [0.1, 0.15) is 58.9 Å². The molecule has 38 heavy (non-hydrogen) atoms. The molecule has 5 heteroatoms. The molecule has 4 aromatic rings. The second kappa shape index (κ2) is 13.0. The summed E-state index contributed by atoms with van der Waals surface area (Å²) in [5, 5.41) is 11.7. The van der Waals surface area contributed by atoms with E-state index in [1.807, 2.05) is 39.8 Å². The molecule has 0 radical (unpaired) electrons. The summed E-state index contributed by atoms with van der Waals surface area (Å²) in [7, 11) is 1.68. The Hall–Kier alpha value is -3.31. The number of aromatic nitrogens is 1. The fourth-order valence-electron chi connectivity index (χ4n) is 4.54. The van der Waals surface area contributed by atoms with Crippen molar-refractivity contribution < 1.29 is 14.6 Å². The minimum Gasteiger partial charge on any atom is -0.512 e. The average molecular weight is 530 g/mol. The number of aryl methyl sites for hydroxylation is 1. The molecule has 0 aliphatic heterocycles. The Bertz CT molecular complexity index is 1360. The van der Waals surface area contributed by atoms with E-state index >= 15 is 0 Å². The van der Waals surface area contributed by atoms with E-state index < -0.39 is 0 Å². The van der Waals surface area contributed by atoms with Gasteiger partial charge >= 0.3 is 0 Å². The van der Waals surface area contributed by atoms with E-state index in [2.05, 4.69) is 64.8 Å². The average Bonchev–Trinajstić information content (AvgIpc) is 3.24. The highest BCUT2D eigenvalue weighted by molar-refractivity contribution is 7.98. The standard InChI is InChI=1S/C31H33NO3S.C2H6/c1-21(2)35-27-14-17-29-25(11-18-31(33)24-5-4-6-24)20-32(30(29)19-27)36-28-15-9-23(10-16-28)22-7-12-26(34-3)13-8-22;1-2/h7-10,12-17,19-21,33H,4-6,11,18H2,1-3H3;1-2H3. The van der Waals surface area contributed by atoms with Gasteiger partial charge in [-0.15, -0.1) is 0 Å². The van der Waals surface area contributed by atoms with Crippen LogP contribution in [0, 0.1) is 0 Å². The zero-order chi connectivity index (χ0) is 27.1. The number of nitrogens with zero attached hydrogens (tertiary/aromatic N) is 1. The highest BCUT2D eigenvalue weighted by Crippen LogP contribution is 2.35. The number of methoxy groups -OCH3 is 1. The second-order valence-electron chi connectivity index (χ2n) is 9.57. The van der Waals surface area contributed by atoms with Crippen LogP contribution in [0.3, 0.4) is 0 Å². The number of allylic oxidation sites excluding steroid dienone is 2. The van der Waals surface area contributed by atoms with Crippen molar-refractivity contribution in [2.45, 2.75) is 70.8 Å². The van der Waals surface area contributed by atoms with Crippen LogP contribution in [0.2, 0.25) is 0 Å². The summed E-state index contributed by atoms with van der Waals surface area (Å²) >= 11 is 1.70. The fourth-order valence-corrected chi connectivity index (χ4v) is 5.46. The van der Waals surface area contributed by atoms with Crippen molar-refractivity contribution >= 4 is 22.9 Å². The molecule has 0 atom stereocenters. The predicted octanol–water partition coefficient (Wildman–Crippen LogP) is 9.61. The van der Waals surface area contributed by atoms with Crippen molar-refractivity contribution in [2.75, 3.05) is 7.11 Å². The maximum Gasteiger partial charge on any atom is 0.121 e. The summed E-state index contributed by atoms with van der Waals surface area (Å²) in [6.07, 6.45) is 7.14.